The van der Waals surface area contributed by atoms with Gasteiger partial charge in [-0.25, -0.2) is 13.8 Å². The van der Waals surface area contributed by atoms with Crippen LogP contribution in [0.3, 0.4) is 0 Å². The molecule has 0 saturated carbocycles. The van der Waals surface area contributed by atoms with E-state index < -0.39 is 33.2 Å². The summed E-state index contributed by atoms with van der Waals surface area (Å²) in [6.45, 7) is 0. The Morgan fingerprint density at radius 3 is 2.05 bits per heavy atom. The highest BCUT2D eigenvalue weighted by Gasteiger charge is 2.14. The maximum atomic E-state index is 13.7. The van der Waals surface area contributed by atoms with Gasteiger partial charge in [-0.1, -0.05) is 54.6 Å². The SMILES string of the molecule is COc1cccc(F)c1N.CS(=O)c1ccccc1-c1cc2cccc(F)c2nc1N.CS(=O)c1ccccc1CC#N. The van der Waals surface area contributed by atoms with Crippen molar-refractivity contribution >= 4 is 44.0 Å². The highest BCUT2D eigenvalue weighted by molar-refractivity contribution is 7.84. The van der Waals surface area contributed by atoms with Gasteiger partial charge in [-0.3, -0.25) is 8.42 Å². The minimum absolute atomic E-state index is 0.0602. The number of ether oxygens (including phenoxy) is 1. The van der Waals surface area contributed by atoms with Crippen molar-refractivity contribution in [3.8, 4) is 22.9 Å². The van der Waals surface area contributed by atoms with E-state index in [0.29, 0.717) is 28.0 Å². The molecule has 4 aromatic carbocycles. The number of nitriles is 1. The molecule has 0 saturated heterocycles. The molecule has 2 unspecified atom stereocenters. The third kappa shape index (κ3) is 8.44. The van der Waals surface area contributed by atoms with Crippen molar-refractivity contribution in [2.45, 2.75) is 16.2 Å². The number of hydrogen-bond donors (Lipinski definition) is 2. The number of methoxy groups -OCH3 is 1. The van der Waals surface area contributed by atoms with Gasteiger partial charge in [0, 0.05) is 38.8 Å². The Morgan fingerprint density at radius 2 is 1.42 bits per heavy atom. The molecule has 0 aliphatic rings. The van der Waals surface area contributed by atoms with Gasteiger partial charge in [0.1, 0.15) is 34.4 Å². The average molecular weight is 621 g/mol. The highest BCUT2D eigenvalue weighted by Crippen LogP contribution is 2.32. The number of pyridine rings is 1. The number of halogens is 2. The molecule has 5 rings (SSSR count). The van der Waals surface area contributed by atoms with Crippen LogP contribution in [0.2, 0.25) is 0 Å². The predicted octanol–water partition coefficient (Wildman–Crippen LogP) is 6.27. The minimum atomic E-state index is -1.14. The maximum absolute atomic E-state index is 13.7. The first-order valence-electron chi connectivity index (χ1n) is 12.7. The zero-order chi connectivity index (χ0) is 31.5. The molecule has 2 atom stereocenters. The van der Waals surface area contributed by atoms with E-state index in [9.17, 15) is 17.2 Å². The third-order valence-corrected chi connectivity index (χ3v) is 8.09. The van der Waals surface area contributed by atoms with Crippen LogP contribution in [0.4, 0.5) is 20.3 Å². The summed E-state index contributed by atoms with van der Waals surface area (Å²) in [7, 11) is -0.688. The summed E-state index contributed by atoms with van der Waals surface area (Å²) in [5, 5.41) is 9.14. The molecule has 222 valence electrons. The fourth-order valence-electron chi connectivity index (χ4n) is 4.04. The van der Waals surface area contributed by atoms with Crippen LogP contribution >= 0.6 is 0 Å². The molecule has 0 radical (unpaired) electrons. The normalized spacial score (nSPS) is 11.6. The van der Waals surface area contributed by atoms with E-state index in [4.69, 9.17) is 21.5 Å². The number of fused-ring (bicyclic) bond motifs is 1. The lowest BCUT2D eigenvalue weighted by atomic mass is 10.0. The molecule has 4 N–H and O–H groups in total. The molecule has 0 bridgehead atoms. The van der Waals surface area contributed by atoms with Crippen LogP contribution in [0.5, 0.6) is 5.75 Å². The number of nitrogen functional groups attached to an aromatic ring is 2. The summed E-state index contributed by atoms with van der Waals surface area (Å²) >= 11 is 0. The Bertz CT molecular complexity index is 1830. The Labute approximate surface area is 254 Å². The second-order valence-corrected chi connectivity index (χ2v) is 11.6. The van der Waals surface area contributed by atoms with Gasteiger partial charge >= 0.3 is 0 Å². The summed E-state index contributed by atoms with van der Waals surface area (Å²) < 4.78 is 54.1. The number of anilines is 2. The molecule has 0 amide bonds. The van der Waals surface area contributed by atoms with E-state index in [-0.39, 0.29) is 17.0 Å². The van der Waals surface area contributed by atoms with Crippen LogP contribution < -0.4 is 16.2 Å². The van der Waals surface area contributed by atoms with Crippen LogP contribution in [0.1, 0.15) is 5.56 Å². The molecule has 0 fully saturated rings. The molecular formula is C32H30F2N4O3S2. The molecule has 7 nitrogen and oxygen atoms in total. The largest absolute Gasteiger partial charge is 0.494 e. The Balaban J connectivity index is 0.000000195. The van der Waals surface area contributed by atoms with Gasteiger partial charge in [0.15, 0.2) is 0 Å². The lowest BCUT2D eigenvalue weighted by Gasteiger charge is -2.11. The first kappa shape index (κ1) is 32.8. The number of aromatic nitrogens is 1. The maximum Gasteiger partial charge on any atom is 0.149 e. The van der Waals surface area contributed by atoms with Crippen molar-refractivity contribution in [2.75, 3.05) is 31.1 Å². The van der Waals surface area contributed by atoms with Gasteiger partial charge in [0.25, 0.3) is 0 Å². The number of benzene rings is 4. The van der Waals surface area contributed by atoms with Crippen molar-refractivity contribution < 1.29 is 21.9 Å². The van der Waals surface area contributed by atoms with E-state index in [0.717, 1.165) is 16.0 Å². The van der Waals surface area contributed by atoms with Crippen LogP contribution in [0.15, 0.2) is 101 Å². The molecule has 1 aromatic heterocycles. The number of para-hydroxylation sites is 2. The van der Waals surface area contributed by atoms with Gasteiger partial charge in [0.05, 0.1) is 41.2 Å². The molecule has 1 heterocycles. The van der Waals surface area contributed by atoms with Gasteiger partial charge in [-0.15, -0.1) is 0 Å². The smallest absolute Gasteiger partial charge is 0.149 e. The van der Waals surface area contributed by atoms with Crippen LogP contribution in [0.25, 0.3) is 22.0 Å². The fraction of sp³-hybridized carbons (Fsp3) is 0.125. The van der Waals surface area contributed by atoms with Crippen LogP contribution in [-0.4, -0.2) is 33.0 Å². The fourth-order valence-corrected chi connectivity index (χ4v) is 5.58. The quantitative estimate of drug-likeness (QED) is 0.222. The summed E-state index contributed by atoms with van der Waals surface area (Å²) in [5.41, 5.74) is 13.9. The lowest BCUT2D eigenvalue weighted by Crippen LogP contribution is -1.99. The standard InChI is InChI=1S/C16H13FN2OS.C9H9NOS.C7H8FNO/c1-21(20)14-8-3-2-6-11(14)12-9-10-5-4-7-13(17)15(10)19-16(12)18;1-12(11)9-5-3-2-4-8(9)6-7-10;1-10-6-4-2-3-5(8)7(6)9/h2-9H,1H3,(H2,18,19);2-5H,6H2,1H3;2-4H,9H2,1H3. The summed E-state index contributed by atoms with van der Waals surface area (Å²) in [5.74, 6) is -0.247. The molecule has 11 heteroatoms. The number of hydrogen-bond acceptors (Lipinski definition) is 7. The van der Waals surface area contributed by atoms with Gasteiger partial charge in [-0.2, -0.15) is 5.26 Å². The average Bonchev–Trinajstić information content (AvgIpc) is 3.00. The predicted molar refractivity (Wildman–Crippen MR) is 169 cm³/mol. The zero-order valence-corrected chi connectivity index (χ0v) is 25.3. The van der Waals surface area contributed by atoms with Crippen molar-refractivity contribution in [3.63, 3.8) is 0 Å². The van der Waals surface area contributed by atoms with Gasteiger partial charge < -0.3 is 16.2 Å². The van der Waals surface area contributed by atoms with E-state index in [1.807, 2.05) is 42.5 Å². The van der Waals surface area contributed by atoms with Crippen LogP contribution in [0, 0.1) is 23.0 Å². The Kier molecular flexibility index (Phi) is 11.9. The van der Waals surface area contributed by atoms with Crippen molar-refractivity contribution in [1.82, 2.24) is 4.98 Å². The second kappa shape index (κ2) is 15.5. The van der Waals surface area contributed by atoms with E-state index in [2.05, 4.69) is 4.98 Å². The topological polar surface area (TPSA) is 132 Å². The summed E-state index contributed by atoms with van der Waals surface area (Å²) in [6, 6.07) is 27.6. The number of rotatable bonds is 5. The molecule has 5 aromatic rings. The summed E-state index contributed by atoms with van der Waals surface area (Å²) in [4.78, 5) is 5.60. The monoisotopic (exact) mass is 620 g/mol. The van der Waals surface area contributed by atoms with E-state index >= 15 is 0 Å². The van der Waals surface area contributed by atoms with Crippen molar-refractivity contribution in [2.24, 2.45) is 0 Å². The van der Waals surface area contributed by atoms with E-state index in [1.165, 1.54) is 19.2 Å². The number of nitrogens with two attached hydrogens (primary N) is 2. The molecule has 0 spiro atoms. The zero-order valence-electron chi connectivity index (χ0n) is 23.7. The first-order chi connectivity index (χ1) is 20.6. The van der Waals surface area contributed by atoms with E-state index in [1.54, 1.807) is 55.0 Å². The Hall–Kier alpha value is -4.66. The molecule has 0 aliphatic carbocycles. The molecule has 0 aliphatic heterocycles. The second-order valence-electron chi connectivity index (χ2n) is 8.94. The number of nitrogens with zero attached hydrogens (tertiary/aromatic N) is 2. The minimum Gasteiger partial charge on any atom is -0.494 e. The van der Waals surface area contributed by atoms with Crippen molar-refractivity contribution in [3.05, 3.63) is 108 Å². The summed E-state index contributed by atoms with van der Waals surface area (Å²) in [6.07, 6.45) is 3.56. The Morgan fingerprint density at radius 1 is 0.814 bits per heavy atom. The molecular weight excluding hydrogens is 591 g/mol. The third-order valence-electron chi connectivity index (χ3n) is 6.10. The highest BCUT2D eigenvalue weighted by atomic mass is 32.2. The van der Waals surface area contributed by atoms with Gasteiger partial charge in [0.2, 0.25) is 0 Å². The van der Waals surface area contributed by atoms with Crippen molar-refractivity contribution in [1.29, 1.82) is 5.26 Å². The van der Waals surface area contributed by atoms with Gasteiger partial charge in [-0.05, 0) is 42.0 Å². The van der Waals surface area contributed by atoms with Crippen LogP contribution in [-0.2, 0) is 28.0 Å². The molecule has 43 heavy (non-hydrogen) atoms. The lowest BCUT2D eigenvalue weighted by molar-refractivity contribution is 0.414. The first-order valence-corrected chi connectivity index (χ1v) is 15.8.